The maximum absolute atomic E-state index is 4.26. The molecule has 0 saturated heterocycles. The molecule has 1 atom stereocenters. The van der Waals surface area contributed by atoms with Crippen LogP contribution in [-0.4, -0.2) is 8.86 Å². The van der Waals surface area contributed by atoms with Crippen molar-refractivity contribution in [3.8, 4) is 0 Å². The molecule has 1 heteroatoms. The van der Waals surface area contributed by atoms with Crippen LogP contribution in [0.1, 0.15) is 56.6 Å². The van der Waals surface area contributed by atoms with E-state index in [9.17, 15) is 0 Å². The molecule has 0 aliphatic heterocycles. The first-order valence-corrected chi connectivity index (χ1v) is 11.3. The van der Waals surface area contributed by atoms with Crippen LogP contribution in [0.2, 0.25) is 0 Å². The number of aryl methyl sites for hydroxylation is 2. The van der Waals surface area contributed by atoms with Crippen molar-refractivity contribution in [3.05, 3.63) is 47.5 Å². The Morgan fingerprint density at radius 1 is 1.15 bits per heavy atom. The van der Waals surface area contributed by atoms with Crippen molar-refractivity contribution in [1.82, 2.24) is 0 Å². The molecule has 0 N–H and O–H groups in total. The van der Waals surface area contributed by atoms with E-state index in [1.165, 1.54) is 48.8 Å². The van der Waals surface area contributed by atoms with Crippen molar-refractivity contribution in [2.45, 2.75) is 62.7 Å². The Morgan fingerprint density at radius 2 is 1.85 bits per heavy atom. The molecule has 0 aromatic heterocycles. The first-order chi connectivity index (χ1) is 9.65. The number of hydrogen-bond donors (Lipinski definition) is 0. The monoisotopic (exact) mass is 385 g/mol. The molecule has 0 heterocycles. The van der Waals surface area contributed by atoms with Crippen LogP contribution in [0.25, 0.3) is 0 Å². The Morgan fingerprint density at radius 3 is 2.45 bits per heavy atom. The van der Waals surface area contributed by atoms with Gasteiger partial charge in [0.25, 0.3) is 0 Å². The zero-order valence-corrected chi connectivity index (χ0v) is 15.6. The molecule has 0 amide bonds. The summed E-state index contributed by atoms with van der Waals surface area (Å²) < 4.78 is 1.05. The molecule has 0 nitrogen and oxygen atoms in total. The van der Waals surface area contributed by atoms with E-state index in [4.69, 9.17) is 0 Å². The average molecular weight is 385 g/mol. The van der Waals surface area contributed by atoms with Crippen LogP contribution in [0, 0.1) is 6.92 Å². The van der Waals surface area contributed by atoms with Gasteiger partial charge < -0.3 is 0 Å². The summed E-state index contributed by atoms with van der Waals surface area (Å²) in [6.45, 7) is 8.72. The topological polar surface area (TPSA) is 0 Å². The van der Waals surface area contributed by atoms with Gasteiger partial charge in [-0.2, -0.15) is 0 Å². The zero-order chi connectivity index (χ0) is 14.8. The van der Waals surface area contributed by atoms with Crippen molar-refractivity contribution in [3.63, 3.8) is 0 Å². The summed E-state index contributed by atoms with van der Waals surface area (Å²) in [5.41, 5.74) is 4.23. The molecule has 20 heavy (non-hydrogen) atoms. The number of benzene rings is 1. The quantitative estimate of drug-likeness (QED) is 0.330. The predicted molar refractivity (Wildman–Crippen MR) is 87.1 cm³/mol. The van der Waals surface area contributed by atoms with Gasteiger partial charge in [-0.3, -0.25) is 0 Å². The molecule has 1 unspecified atom stereocenters. The second-order valence-electron chi connectivity index (χ2n) is 5.73. The molecule has 0 aliphatic carbocycles. The summed E-state index contributed by atoms with van der Waals surface area (Å²) in [5.74, 6) is 0. The maximum atomic E-state index is 4.26. The molecule has 1 aromatic carbocycles. The van der Waals surface area contributed by atoms with Gasteiger partial charge in [0.1, 0.15) is 0 Å². The molecule has 114 valence electrons. The first kappa shape index (κ1) is 17.7. The van der Waals surface area contributed by atoms with Crippen LogP contribution in [0.3, 0.4) is 0 Å². The fourth-order valence-electron chi connectivity index (χ4n) is 2.45. The summed E-state index contributed by atoms with van der Waals surface area (Å²) in [5, 5.41) is 0. The van der Waals surface area contributed by atoms with E-state index in [0.717, 1.165) is 16.8 Å². The predicted octanol–water partition coefficient (Wildman–Crippen LogP) is 2.54. The second kappa shape index (κ2) is 10.4. The molecule has 0 saturated carbocycles. The molecular formula is C19H30I-. The van der Waals surface area contributed by atoms with Crippen molar-refractivity contribution in [2.75, 3.05) is 4.93 Å². The normalized spacial score (nSPS) is 12.6. The van der Waals surface area contributed by atoms with Crippen molar-refractivity contribution in [1.29, 1.82) is 0 Å². The van der Waals surface area contributed by atoms with Gasteiger partial charge in [0.2, 0.25) is 0 Å². The first-order valence-electron chi connectivity index (χ1n) is 7.86. The Balaban J connectivity index is 2.18. The third-order valence-corrected chi connectivity index (χ3v) is 6.85. The van der Waals surface area contributed by atoms with Gasteiger partial charge in [-0.05, 0) is 0 Å². The Hall–Kier alpha value is -0.310. The van der Waals surface area contributed by atoms with Crippen molar-refractivity contribution in [2.24, 2.45) is 0 Å². The average Bonchev–Trinajstić information content (AvgIpc) is 2.45. The third kappa shape index (κ3) is 7.47. The van der Waals surface area contributed by atoms with E-state index in [1.807, 2.05) is 0 Å². The molecule has 0 bridgehead atoms. The van der Waals surface area contributed by atoms with Crippen LogP contribution in [0.4, 0.5) is 0 Å². The molecule has 0 radical (unpaired) electrons. The number of hydrogen-bond acceptors (Lipinski definition) is 0. The van der Waals surface area contributed by atoms with Gasteiger partial charge in [0.15, 0.2) is 0 Å². The Kier molecular flexibility index (Phi) is 9.24. The number of rotatable bonds is 10. The molecule has 0 fully saturated rings. The van der Waals surface area contributed by atoms with Gasteiger partial charge in [-0.25, -0.2) is 0 Å². The molecule has 0 aliphatic rings. The van der Waals surface area contributed by atoms with Crippen LogP contribution < -0.4 is 21.2 Å². The minimum absolute atomic E-state index is 0.425. The molecule has 1 rings (SSSR count). The molecule has 1 aromatic rings. The van der Waals surface area contributed by atoms with E-state index in [0.29, 0.717) is 21.2 Å². The van der Waals surface area contributed by atoms with E-state index in [2.05, 4.69) is 49.6 Å². The van der Waals surface area contributed by atoms with E-state index < -0.39 is 0 Å². The van der Waals surface area contributed by atoms with Crippen LogP contribution in [-0.2, 0) is 6.42 Å². The number of allylic oxidation sites excluding steroid dienone is 1. The summed E-state index contributed by atoms with van der Waals surface area (Å²) in [6.07, 6.45) is 9.12. The van der Waals surface area contributed by atoms with Crippen molar-refractivity contribution < 1.29 is 21.2 Å². The van der Waals surface area contributed by atoms with Gasteiger partial charge in [0, 0.05) is 0 Å². The third-order valence-electron chi connectivity index (χ3n) is 3.85. The van der Waals surface area contributed by atoms with E-state index in [-0.39, 0.29) is 0 Å². The van der Waals surface area contributed by atoms with E-state index in [1.54, 1.807) is 0 Å². The van der Waals surface area contributed by atoms with Crippen LogP contribution >= 0.6 is 0 Å². The molecular weight excluding hydrogens is 355 g/mol. The minimum atomic E-state index is 0.425. The van der Waals surface area contributed by atoms with Crippen molar-refractivity contribution >= 4 is 0 Å². The van der Waals surface area contributed by atoms with Gasteiger partial charge in [-0.1, -0.05) is 0 Å². The Labute approximate surface area is 136 Å². The number of alkyl halides is 2. The van der Waals surface area contributed by atoms with Gasteiger partial charge in [0.05, 0.1) is 0 Å². The summed E-state index contributed by atoms with van der Waals surface area (Å²) >= 11 is 0.425. The molecule has 0 spiro atoms. The fourth-order valence-corrected chi connectivity index (χ4v) is 4.76. The zero-order valence-electron chi connectivity index (χ0n) is 13.4. The number of halogens is 1. The summed E-state index contributed by atoms with van der Waals surface area (Å²) in [7, 11) is 0. The SMILES string of the molecule is C=C(CCCC(CCC)[I-]C)CCc1ccc(C)cc1. The van der Waals surface area contributed by atoms with Crippen LogP contribution in [0.15, 0.2) is 36.4 Å². The summed E-state index contributed by atoms with van der Waals surface area (Å²) in [4.78, 5) is 2.44. The Bertz CT molecular complexity index is 377. The fraction of sp³-hybridized carbons (Fsp3) is 0.579. The van der Waals surface area contributed by atoms with E-state index >= 15 is 0 Å². The van der Waals surface area contributed by atoms with Gasteiger partial charge in [-0.15, -0.1) is 0 Å². The van der Waals surface area contributed by atoms with Gasteiger partial charge >= 0.3 is 136 Å². The second-order valence-corrected chi connectivity index (χ2v) is 8.74. The standard InChI is InChI=1S/C19H30I/c1-5-7-19(20-4)9-6-8-16(2)10-13-18-14-11-17(3)12-15-18/h11-12,14-15,19H,2,5-10,13H2,1,3-4H3/q-1. The van der Waals surface area contributed by atoms with Crippen LogP contribution in [0.5, 0.6) is 0 Å². The summed E-state index contributed by atoms with van der Waals surface area (Å²) in [6, 6.07) is 8.92.